The third-order valence-corrected chi connectivity index (χ3v) is 13.1. The van der Waals surface area contributed by atoms with Gasteiger partial charge in [0.05, 0.1) is 38.6 Å². The van der Waals surface area contributed by atoms with E-state index in [2.05, 4.69) is 188 Å². The van der Waals surface area contributed by atoms with E-state index in [1.54, 1.807) is 0 Å². The number of pyridine rings is 1. The highest BCUT2D eigenvalue weighted by molar-refractivity contribution is 6.24. The number of nitrogens with zero attached hydrogens (tertiary/aromatic N) is 5. The maximum absolute atomic E-state index is 5.65. The van der Waals surface area contributed by atoms with Crippen LogP contribution in [0.3, 0.4) is 0 Å². The third kappa shape index (κ3) is 4.39. The van der Waals surface area contributed by atoms with E-state index in [0.717, 1.165) is 33.9 Å². The van der Waals surface area contributed by atoms with Crippen LogP contribution in [0.25, 0.3) is 105 Å². The molecule has 276 valence electrons. The van der Waals surface area contributed by atoms with Gasteiger partial charge in [0.15, 0.2) is 0 Å². The van der Waals surface area contributed by atoms with Crippen LogP contribution in [-0.2, 0) is 0 Å². The molecule has 0 N–H and O–H groups in total. The van der Waals surface area contributed by atoms with Crippen LogP contribution >= 0.6 is 0 Å². The molecule has 1 saturated carbocycles. The molecule has 12 aromatic rings. The molecular formula is C53H39N5. The molecule has 0 spiro atoms. The average molecular weight is 746 g/mol. The normalized spacial score (nSPS) is 14.1. The Balaban J connectivity index is 1.11. The zero-order valence-electron chi connectivity index (χ0n) is 32.0. The van der Waals surface area contributed by atoms with Crippen molar-refractivity contribution in [3.63, 3.8) is 0 Å². The molecule has 58 heavy (non-hydrogen) atoms. The van der Waals surface area contributed by atoms with Crippen LogP contribution in [0.15, 0.2) is 170 Å². The number of hydrogen-bond acceptors (Lipinski definition) is 1. The molecule has 0 unspecified atom stereocenters. The molecule has 0 bridgehead atoms. The molecule has 0 aliphatic heterocycles. The molecule has 0 radical (unpaired) electrons. The highest BCUT2D eigenvalue weighted by Gasteiger charge is 2.25. The first kappa shape index (κ1) is 32.0. The van der Waals surface area contributed by atoms with Crippen LogP contribution in [-0.4, -0.2) is 23.3 Å². The van der Waals surface area contributed by atoms with E-state index >= 15 is 0 Å². The quantitative estimate of drug-likeness (QED) is 0.177. The maximum Gasteiger partial charge on any atom is 0.140 e. The van der Waals surface area contributed by atoms with Gasteiger partial charge in [0, 0.05) is 60.3 Å². The Kier molecular flexibility index (Phi) is 6.73. The van der Waals surface area contributed by atoms with Gasteiger partial charge in [-0.1, -0.05) is 128 Å². The minimum absolute atomic E-state index is 0.526. The summed E-state index contributed by atoms with van der Waals surface area (Å²) in [6, 6.07) is 62.8. The van der Waals surface area contributed by atoms with Gasteiger partial charge >= 0.3 is 0 Å². The van der Waals surface area contributed by atoms with Gasteiger partial charge in [-0.05, 0) is 73.5 Å². The van der Waals surface area contributed by atoms with E-state index in [4.69, 9.17) is 4.98 Å². The molecular weight excluding hydrogens is 707 g/mol. The third-order valence-electron chi connectivity index (χ3n) is 13.1. The highest BCUT2D eigenvalue weighted by Crippen LogP contribution is 2.44. The Labute approximate surface area is 334 Å². The van der Waals surface area contributed by atoms with Gasteiger partial charge < -0.3 is 9.13 Å². The van der Waals surface area contributed by atoms with E-state index in [1.165, 1.54) is 103 Å². The number of aromatic nitrogens is 5. The van der Waals surface area contributed by atoms with Gasteiger partial charge in [0.2, 0.25) is 0 Å². The molecule has 1 aliphatic rings. The van der Waals surface area contributed by atoms with Crippen molar-refractivity contribution in [2.24, 2.45) is 0 Å². The number of rotatable bonds is 4. The zero-order chi connectivity index (χ0) is 37.9. The Hall–Kier alpha value is -7.11. The second kappa shape index (κ2) is 12.2. The van der Waals surface area contributed by atoms with Gasteiger partial charge in [-0.15, -0.1) is 0 Å². The maximum atomic E-state index is 5.65. The monoisotopic (exact) mass is 745 g/mol. The van der Waals surface area contributed by atoms with Gasteiger partial charge in [-0.2, -0.15) is 0 Å². The van der Waals surface area contributed by atoms with Crippen LogP contribution in [0.1, 0.15) is 38.1 Å². The molecule has 0 atom stereocenters. The fraction of sp³-hybridized carbons (Fsp3) is 0.113. The van der Waals surface area contributed by atoms with Crippen molar-refractivity contribution in [1.29, 1.82) is 0 Å². The van der Waals surface area contributed by atoms with Crippen LogP contribution < -0.4 is 0 Å². The summed E-state index contributed by atoms with van der Waals surface area (Å²) in [5.41, 5.74) is 10.8. The minimum atomic E-state index is 0.526. The fourth-order valence-electron chi connectivity index (χ4n) is 10.7. The molecule has 5 nitrogen and oxygen atoms in total. The molecule has 5 aromatic heterocycles. The molecule has 1 aliphatic carbocycles. The lowest BCUT2D eigenvalue weighted by Crippen LogP contribution is -2.12. The molecule has 0 saturated heterocycles. The van der Waals surface area contributed by atoms with Crippen molar-refractivity contribution in [1.82, 2.24) is 23.3 Å². The molecule has 5 heteroatoms. The summed E-state index contributed by atoms with van der Waals surface area (Å²) >= 11 is 0. The molecule has 13 rings (SSSR count). The first-order valence-corrected chi connectivity index (χ1v) is 20.8. The highest BCUT2D eigenvalue weighted by atomic mass is 15.1. The Morgan fingerprint density at radius 1 is 0.345 bits per heavy atom. The summed E-state index contributed by atoms with van der Waals surface area (Å²) < 4.78 is 9.91. The number of para-hydroxylation sites is 5. The van der Waals surface area contributed by atoms with E-state index in [9.17, 15) is 0 Å². The predicted molar refractivity (Wildman–Crippen MR) is 242 cm³/mol. The van der Waals surface area contributed by atoms with Crippen molar-refractivity contribution in [2.45, 2.75) is 38.1 Å². The fourth-order valence-corrected chi connectivity index (χ4v) is 10.7. The van der Waals surface area contributed by atoms with Crippen molar-refractivity contribution in [2.75, 3.05) is 0 Å². The van der Waals surface area contributed by atoms with Crippen molar-refractivity contribution < 1.29 is 0 Å². The molecule has 1 fully saturated rings. The Bertz CT molecular complexity index is 3610. The Morgan fingerprint density at radius 3 is 1.50 bits per heavy atom. The number of hydrogen-bond donors (Lipinski definition) is 0. The van der Waals surface area contributed by atoms with E-state index < -0.39 is 0 Å². The van der Waals surface area contributed by atoms with Gasteiger partial charge in [-0.3, -0.25) is 9.13 Å². The van der Waals surface area contributed by atoms with Gasteiger partial charge in [-0.25, -0.2) is 4.98 Å². The van der Waals surface area contributed by atoms with E-state index in [0.29, 0.717) is 6.04 Å². The summed E-state index contributed by atoms with van der Waals surface area (Å²) in [5, 5.41) is 10.0. The van der Waals surface area contributed by atoms with Crippen LogP contribution in [0.2, 0.25) is 0 Å². The summed E-state index contributed by atoms with van der Waals surface area (Å²) in [7, 11) is 0. The lowest BCUT2D eigenvalue weighted by Gasteiger charge is -2.25. The average Bonchev–Trinajstić information content (AvgIpc) is 4.01. The van der Waals surface area contributed by atoms with Crippen LogP contribution in [0, 0.1) is 0 Å². The number of benzene rings is 7. The zero-order valence-corrected chi connectivity index (χ0v) is 32.0. The molecule has 7 aromatic carbocycles. The standard InChI is InChI=1S/C53H39N5/c1-3-16-34(17-4-1)55-44-24-11-9-22-38(44)42-33-49-43(32-48(42)55)39-23-10-13-26-46(39)57(49)50-28-15-29-51(54-50)58-47-27-14-8-21-37(47)41-31-30-40-36-20-7-12-25-45(36)56(52(40)53(41)58)35-18-5-2-6-19-35/h2,5-15,18-34H,1,3-4,16-17H2. The summed E-state index contributed by atoms with van der Waals surface area (Å²) in [6.45, 7) is 0. The topological polar surface area (TPSA) is 32.6 Å². The smallest absolute Gasteiger partial charge is 0.140 e. The second-order valence-corrected chi connectivity index (χ2v) is 16.2. The van der Waals surface area contributed by atoms with Crippen molar-refractivity contribution >= 4 is 87.2 Å². The summed E-state index contributed by atoms with van der Waals surface area (Å²) in [5.74, 6) is 1.79. The molecule has 0 amide bonds. The first-order chi connectivity index (χ1) is 28.8. The van der Waals surface area contributed by atoms with Crippen molar-refractivity contribution in [3.05, 3.63) is 170 Å². The minimum Gasteiger partial charge on any atom is -0.337 e. The lowest BCUT2D eigenvalue weighted by molar-refractivity contribution is 0.367. The van der Waals surface area contributed by atoms with Gasteiger partial charge in [0.25, 0.3) is 0 Å². The Morgan fingerprint density at radius 2 is 0.828 bits per heavy atom. The summed E-state index contributed by atoms with van der Waals surface area (Å²) in [6.07, 6.45) is 6.42. The van der Waals surface area contributed by atoms with Crippen molar-refractivity contribution in [3.8, 4) is 17.3 Å². The van der Waals surface area contributed by atoms with Gasteiger partial charge in [0.1, 0.15) is 11.6 Å². The SMILES string of the molecule is c1ccc(-n2c3ccccc3c3ccc4c5ccccc5n(-c5cccc(-n6c7ccccc7c7cc8c(cc76)c6ccccc6n8C6CCCCC6)n5)c4c32)cc1. The van der Waals surface area contributed by atoms with Crippen LogP contribution in [0.4, 0.5) is 0 Å². The van der Waals surface area contributed by atoms with Crippen LogP contribution in [0.5, 0.6) is 0 Å². The van der Waals surface area contributed by atoms with E-state index in [-0.39, 0.29) is 0 Å². The van der Waals surface area contributed by atoms with E-state index in [1.807, 2.05) is 0 Å². The number of fused-ring (bicyclic) bond motifs is 13. The lowest BCUT2D eigenvalue weighted by atomic mass is 9.95. The molecule has 5 heterocycles. The largest absolute Gasteiger partial charge is 0.337 e. The predicted octanol–water partition coefficient (Wildman–Crippen LogP) is 14.0. The second-order valence-electron chi connectivity index (χ2n) is 16.2. The summed E-state index contributed by atoms with van der Waals surface area (Å²) in [4.78, 5) is 5.65. The first-order valence-electron chi connectivity index (χ1n) is 20.8.